The molecular weight excluding hydrogens is 295 g/mol. The first-order valence-electron chi connectivity index (χ1n) is 4.77. The highest BCUT2D eigenvalue weighted by Gasteiger charge is 2.18. The number of ether oxygens (including phenoxy) is 2. The lowest BCUT2D eigenvalue weighted by molar-refractivity contribution is 0.174. The van der Waals surface area contributed by atoms with Gasteiger partial charge in [-0.3, -0.25) is 0 Å². The predicted octanol–water partition coefficient (Wildman–Crippen LogP) is 1.95. The maximum absolute atomic E-state index is 5.99. The Morgan fingerprint density at radius 3 is 2.56 bits per heavy atom. The van der Waals surface area contributed by atoms with Gasteiger partial charge in [-0.05, 0) is 30.7 Å². The van der Waals surface area contributed by atoms with Crippen LogP contribution in [0.25, 0.3) is 0 Å². The normalized spacial score (nSPS) is 14.4. The fourth-order valence-corrected chi connectivity index (χ4v) is 2.17. The van der Waals surface area contributed by atoms with Gasteiger partial charge in [-0.2, -0.15) is 0 Å². The summed E-state index contributed by atoms with van der Waals surface area (Å²) < 4.78 is 11.5. The molecule has 1 aliphatic heterocycles. The predicted molar refractivity (Wildman–Crippen MR) is 68.1 cm³/mol. The van der Waals surface area contributed by atoms with Crippen molar-refractivity contribution < 1.29 is 9.47 Å². The Morgan fingerprint density at radius 2 is 1.94 bits per heavy atom. The van der Waals surface area contributed by atoms with Crippen LogP contribution in [0.2, 0.25) is 0 Å². The van der Waals surface area contributed by atoms with Crippen LogP contribution in [-0.2, 0) is 0 Å². The summed E-state index contributed by atoms with van der Waals surface area (Å²) in [5.74, 6) is 1.51. The minimum atomic E-state index is -0.0705. The first-order chi connectivity index (χ1) is 7.22. The molecule has 0 aromatic heterocycles. The number of fused-ring (bicyclic) bond motifs is 1. The number of halogens is 2. The van der Waals surface area contributed by atoms with E-state index in [1.54, 1.807) is 0 Å². The average Bonchev–Trinajstić information content (AvgIpc) is 2.63. The highest BCUT2D eigenvalue weighted by Crippen LogP contribution is 2.38. The van der Waals surface area contributed by atoms with Gasteiger partial charge in [0.2, 0.25) is 6.79 Å². The molecule has 0 amide bonds. The Labute approximate surface area is 109 Å². The summed E-state index contributed by atoms with van der Waals surface area (Å²) in [6.45, 7) is 0.847. The van der Waals surface area contributed by atoms with E-state index in [9.17, 15) is 0 Å². The molecule has 1 aromatic carbocycles. The molecule has 0 spiro atoms. The zero-order chi connectivity index (χ0) is 10.8. The summed E-state index contributed by atoms with van der Waals surface area (Å²) in [6, 6.07) is 3.72. The summed E-state index contributed by atoms with van der Waals surface area (Å²) in [6.07, 6.45) is 0.748. The fourth-order valence-electron chi connectivity index (χ4n) is 1.55. The van der Waals surface area contributed by atoms with Gasteiger partial charge in [0.15, 0.2) is 11.5 Å². The molecule has 1 aliphatic rings. The van der Waals surface area contributed by atoms with E-state index < -0.39 is 0 Å². The molecule has 0 aliphatic carbocycles. The van der Waals surface area contributed by atoms with Crippen LogP contribution in [0.3, 0.4) is 0 Å². The number of hydrogen-bond acceptors (Lipinski definition) is 4. The van der Waals surface area contributed by atoms with Crippen molar-refractivity contribution in [2.24, 2.45) is 11.5 Å². The molecule has 4 nitrogen and oxygen atoms in total. The van der Waals surface area contributed by atoms with Gasteiger partial charge in [-0.15, -0.1) is 12.4 Å². The van der Waals surface area contributed by atoms with Crippen molar-refractivity contribution in [3.05, 3.63) is 22.2 Å². The van der Waals surface area contributed by atoms with Gasteiger partial charge in [0, 0.05) is 10.5 Å². The number of hydrogen-bond donors (Lipinski definition) is 2. The SMILES string of the molecule is Cl.NCC[C@H](N)c1cc2c(cc1Br)OCO2. The molecule has 0 saturated carbocycles. The van der Waals surface area contributed by atoms with Crippen LogP contribution in [0.4, 0.5) is 0 Å². The van der Waals surface area contributed by atoms with Gasteiger partial charge in [0.05, 0.1) is 0 Å². The second-order valence-corrected chi connectivity index (χ2v) is 4.27. The summed E-state index contributed by atoms with van der Waals surface area (Å²) in [5, 5.41) is 0. The Hall–Kier alpha value is -0.490. The maximum atomic E-state index is 5.99. The molecule has 0 fully saturated rings. The number of benzene rings is 1. The van der Waals surface area contributed by atoms with Crippen molar-refractivity contribution in [3.63, 3.8) is 0 Å². The molecule has 0 saturated heterocycles. The van der Waals surface area contributed by atoms with Crippen molar-refractivity contribution in [1.82, 2.24) is 0 Å². The van der Waals surface area contributed by atoms with Gasteiger partial charge in [0.25, 0.3) is 0 Å². The van der Waals surface area contributed by atoms with E-state index in [1.807, 2.05) is 12.1 Å². The van der Waals surface area contributed by atoms with Gasteiger partial charge >= 0.3 is 0 Å². The second kappa shape index (κ2) is 5.72. The quantitative estimate of drug-likeness (QED) is 0.895. The van der Waals surface area contributed by atoms with E-state index in [-0.39, 0.29) is 25.2 Å². The highest BCUT2D eigenvalue weighted by molar-refractivity contribution is 9.10. The lowest BCUT2D eigenvalue weighted by Crippen LogP contribution is -2.15. The van der Waals surface area contributed by atoms with E-state index >= 15 is 0 Å². The Kier molecular flexibility index (Phi) is 4.86. The van der Waals surface area contributed by atoms with E-state index in [2.05, 4.69) is 15.9 Å². The molecule has 4 N–H and O–H groups in total. The first-order valence-corrected chi connectivity index (χ1v) is 5.56. The summed E-state index contributed by atoms with van der Waals surface area (Å²) in [7, 11) is 0. The molecule has 16 heavy (non-hydrogen) atoms. The van der Waals surface area contributed by atoms with Crippen LogP contribution >= 0.6 is 28.3 Å². The minimum Gasteiger partial charge on any atom is -0.454 e. The smallest absolute Gasteiger partial charge is 0.231 e. The van der Waals surface area contributed by atoms with E-state index in [1.165, 1.54) is 0 Å². The van der Waals surface area contributed by atoms with Crippen LogP contribution < -0.4 is 20.9 Å². The zero-order valence-corrected chi connectivity index (χ0v) is 11.0. The van der Waals surface area contributed by atoms with Crippen LogP contribution in [0, 0.1) is 0 Å². The Bertz CT molecular complexity index is 376. The zero-order valence-electron chi connectivity index (χ0n) is 8.61. The Balaban J connectivity index is 0.00000128. The highest BCUT2D eigenvalue weighted by atomic mass is 79.9. The summed E-state index contributed by atoms with van der Waals surface area (Å²) >= 11 is 3.46. The molecule has 0 bridgehead atoms. The third kappa shape index (κ3) is 2.60. The largest absolute Gasteiger partial charge is 0.454 e. The lowest BCUT2D eigenvalue weighted by atomic mass is 10.0. The van der Waals surface area contributed by atoms with Crippen LogP contribution in [0.5, 0.6) is 11.5 Å². The molecule has 6 heteroatoms. The molecule has 1 atom stereocenters. The topological polar surface area (TPSA) is 70.5 Å². The summed E-state index contributed by atoms with van der Waals surface area (Å²) in [5.41, 5.74) is 12.5. The van der Waals surface area contributed by atoms with Crippen molar-refractivity contribution in [2.45, 2.75) is 12.5 Å². The average molecular weight is 310 g/mol. The van der Waals surface area contributed by atoms with Crippen molar-refractivity contribution in [1.29, 1.82) is 0 Å². The fraction of sp³-hybridized carbons (Fsp3) is 0.400. The van der Waals surface area contributed by atoms with E-state index in [0.29, 0.717) is 6.54 Å². The second-order valence-electron chi connectivity index (χ2n) is 3.41. The first kappa shape index (κ1) is 13.6. The minimum absolute atomic E-state index is 0. The molecule has 2 rings (SSSR count). The molecular formula is C10H14BrClN2O2. The van der Waals surface area contributed by atoms with Crippen LogP contribution in [0.1, 0.15) is 18.0 Å². The van der Waals surface area contributed by atoms with E-state index in [4.69, 9.17) is 20.9 Å². The standard InChI is InChI=1S/C10H13BrN2O2.ClH/c11-7-4-10-9(14-5-15-10)3-6(7)8(13)1-2-12;/h3-4,8H,1-2,5,12-13H2;1H/t8-;/m0./s1. The van der Waals surface area contributed by atoms with E-state index in [0.717, 1.165) is 28.0 Å². The monoisotopic (exact) mass is 308 g/mol. The molecule has 0 radical (unpaired) electrons. The maximum Gasteiger partial charge on any atom is 0.231 e. The third-order valence-electron chi connectivity index (χ3n) is 2.37. The molecule has 90 valence electrons. The van der Waals surface area contributed by atoms with Crippen molar-refractivity contribution >= 4 is 28.3 Å². The van der Waals surface area contributed by atoms with Gasteiger partial charge < -0.3 is 20.9 Å². The van der Waals surface area contributed by atoms with Gasteiger partial charge in [0.1, 0.15) is 0 Å². The molecule has 1 aromatic rings. The number of rotatable bonds is 3. The van der Waals surface area contributed by atoms with Crippen LogP contribution in [-0.4, -0.2) is 13.3 Å². The van der Waals surface area contributed by atoms with Crippen molar-refractivity contribution in [2.75, 3.05) is 13.3 Å². The van der Waals surface area contributed by atoms with Crippen molar-refractivity contribution in [3.8, 4) is 11.5 Å². The number of nitrogens with two attached hydrogens (primary N) is 2. The molecule has 1 heterocycles. The lowest BCUT2D eigenvalue weighted by Gasteiger charge is -2.13. The third-order valence-corrected chi connectivity index (χ3v) is 3.06. The van der Waals surface area contributed by atoms with Crippen LogP contribution in [0.15, 0.2) is 16.6 Å². The molecule has 0 unspecified atom stereocenters. The summed E-state index contributed by atoms with van der Waals surface area (Å²) in [4.78, 5) is 0. The Morgan fingerprint density at radius 1 is 1.31 bits per heavy atom. The van der Waals surface area contributed by atoms with Gasteiger partial charge in [-0.1, -0.05) is 15.9 Å². The van der Waals surface area contributed by atoms with Gasteiger partial charge in [-0.25, -0.2) is 0 Å².